The summed E-state index contributed by atoms with van der Waals surface area (Å²) in [5.41, 5.74) is 7.39. The third-order valence-corrected chi connectivity index (χ3v) is 5.38. The first kappa shape index (κ1) is 19.2. The van der Waals surface area contributed by atoms with Gasteiger partial charge in [0.2, 0.25) is 5.91 Å². The maximum absolute atomic E-state index is 12.3. The number of nitrogens with two attached hydrogens (primary N) is 1. The van der Waals surface area contributed by atoms with E-state index in [1.54, 1.807) is 34.8 Å². The molecule has 0 radical (unpaired) electrons. The molecule has 0 spiro atoms. The number of primary amides is 1. The molecule has 2 amide bonds. The van der Waals surface area contributed by atoms with Gasteiger partial charge in [-0.3, -0.25) is 9.59 Å². The summed E-state index contributed by atoms with van der Waals surface area (Å²) < 4.78 is 1.58. The highest BCUT2D eigenvalue weighted by Crippen LogP contribution is 2.30. The summed E-state index contributed by atoms with van der Waals surface area (Å²) in [7, 11) is 1.78. The zero-order chi connectivity index (χ0) is 21.5. The van der Waals surface area contributed by atoms with Gasteiger partial charge in [-0.1, -0.05) is 17.9 Å². The lowest BCUT2D eigenvalue weighted by atomic mass is 9.89. The van der Waals surface area contributed by atoms with Gasteiger partial charge in [-0.15, -0.1) is 0 Å². The zero-order valence-corrected chi connectivity index (χ0v) is 16.6. The maximum atomic E-state index is 12.3. The molecule has 0 bridgehead atoms. The summed E-state index contributed by atoms with van der Waals surface area (Å²) in [5, 5.41) is 14.2. The average Bonchev–Trinajstić information content (AvgIpc) is 3.26. The molecule has 2 heterocycles. The van der Waals surface area contributed by atoms with E-state index in [-0.39, 0.29) is 11.6 Å². The van der Waals surface area contributed by atoms with Crippen LogP contribution in [0.5, 0.6) is 0 Å². The van der Waals surface area contributed by atoms with E-state index in [2.05, 4.69) is 23.0 Å². The number of likely N-dealkylation sites (tertiary alicyclic amines) is 1. The van der Waals surface area contributed by atoms with Gasteiger partial charge in [0.15, 0.2) is 5.69 Å². The largest absolute Gasteiger partial charge is 0.364 e. The number of hydrogen-bond donors (Lipinski definition) is 1. The molecule has 1 aliphatic rings. The Kier molecular flexibility index (Phi) is 4.52. The van der Waals surface area contributed by atoms with E-state index in [0.29, 0.717) is 35.1 Å². The van der Waals surface area contributed by atoms with E-state index < -0.39 is 11.3 Å². The summed E-state index contributed by atoms with van der Waals surface area (Å²) in [4.78, 5) is 25.9. The number of benzene rings is 2. The molecule has 7 nitrogen and oxygen atoms in total. The summed E-state index contributed by atoms with van der Waals surface area (Å²) in [6.07, 6.45) is 0.692. The summed E-state index contributed by atoms with van der Waals surface area (Å²) in [5.74, 6) is 5.61. The predicted octanol–water partition coefficient (Wildman–Crippen LogP) is 2.22. The van der Waals surface area contributed by atoms with E-state index in [0.717, 1.165) is 5.56 Å². The number of nitrogens with zero attached hydrogens (tertiary/aromatic N) is 4. The van der Waals surface area contributed by atoms with Crippen LogP contribution in [0.4, 0.5) is 0 Å². The van der Waals surface area contributed by atoms with Crippen LogP contribution in [0.3, 0.4) is 0 Å². The van der Waals surface area contributed by atoms with E-state index in [9.17, 15) is 14.9 Å². The van der Waals surface area contributed by atoms with Crippen molar-refractivity contribution in [3.05, 3.63) is 59.3 Å². The predicted molar refractivity (Wildman–Crippen MR) is 112 cm³/mol. The highest BCUT2D eigenvalue weighted by molar-refractivity contribution is 6.04. The summed E-state index contributed by atoms with van der Waals surface area (Å²) in [6, 6.07) is 14.4. The van der Waals surface area contributed by atoms with Crippen molar-refractivity contribution in [3.63, 3.8) is 0 Å². The Balaban J connectivity index is 1.80. The molecular weight excluding hydrogens is 378 g/mol. The smallest absolute Gasteiger partial charge is 0.269 e. The lowest BCUT2D eigenvalue weighted by Crippen LogP contribution is -2.28. The highest BCUT2D eigenvalue weighted by Gasteiger charge is 2.39. The Bertz CT molecular complexity index is 1300. The van der Waals surface area contributed by atoms with Crippen LogP contribution in [0.2, 0.25) is 0 Å². The van der Waals surface area contributed by atoms with Gasteiger partial charge in [0.1, 0.15) is 5.41 Å². The van der Waals surface area contributed by atoms with Crippen molar-refractivity contribution in [2.75, 3.05) is 13.6 Å². The van der Waals surface area contributed by atoms with Gasteiger partial charge in [0.05, 0.1) is 22.8 Å². The Hall–Kier alpha value is -4.10. The summed E-state index contributed by atoms with van der Waals surface area (Å²) in [6.45, 7) is 2.56. The van der Waals surface area contributed by atoms with Gasteiger partial charge >= 0.3 is 0 Å². The normalized spacial score (nSPS) is 18.2. The van der Waals surface area contributed by atoms with Crippen molar-refractivity contribution < 1.29 is 9.59 Å². The minimum absolute atomic E-state index is 0.0272. The van der Waals surface area contributed by atoms with Crippen LogP contribution in [0.15, 0.2) is 42.5 Å². The Morgan fingerprint density at radius 2 is 2.03 bits per heavy atom. The molecule has 1 fully saturated rings. The van der Waals surface area contributed by atoms with Crippen LogP contribution in [-0.4, -0.2) is 40.1 Å². The van der Waals surface area contributed by atoms with Crippen molar-refractivity contribution >= 4 is 22.7 Å². The minimum atomic E-state index is -0.690. The molecular formula is C23H19N5O2. The van der Waals surface area contributed by atoms with Gasteiger partial charge in [0, 0.05) is 24.5 Å². The second kappa shape index (κ2) is 7.06. The molecule has 1 saturated heterocycles. The van der Waals surface area contributed by atoms with Crippen LogP contribution >= 0.6 is 0 Å². The van der Waals surface area contributed by atoms with Crippen molar-refractivity contribution in [2.45, 2.75) is 13.3 Å². The molecule has 30 heavy (non-hydrogen) atoms. The number of amides is 2. The molecule has 2 aromatic carbocycles. The number of carbonyl (C=O) groups excluding carboxylic acids is 2. The molecule has 0 saturated carbocycles. The van der Waals surface area contributed by atoms with Gasteiger partial charge in [-0.05, 0) is 49.7 Å². The van der Waals surface area contributed by atoms with Gasteiger partial charge in [0.25, 0.3) is 5.91 Å². The monoisotopic (exact) mass is 397 g/mol. The number of rotatable bonds is 2. The van der Waals surface area contributed by atoms with Crippen LogP contribution < -0.4 is 5.73 Å². The SMILES string of the molecule is CN1CC[C@@](C)(C#Cc2cccc(-n3nc(C(N)=O)c4ccc(C#N)cc43)c2)C1=O. The molecule has 3 aromatic rings. The first-order chi connectivity index (χ1) is 14.3. The fourth-order valence-corrected chi connectivity index (χ4v) is 3.63. The van der Waals surface area contributed by atoms with Crippen LogP contribution in [-0.2, 0) is 4.79 Å². The van der Waals surface area contributed by atoms with Gasteiger partial charge in [-0.25, -0.2) is 4.68 Å². The third kappa shape index (κ3) is 3.17. The third-order valence-electron chi connectivity index (χ3n) is 5.38. The molecule has 1 aromatic heterocycles. The molecule has 0 aliphatic carbocycles. The minimum Gasteiger partial charge on any atom is -0.364 e. The van der Waals surface area contributed by atoms with E-state index in [1.165, 1.54) is 0 Å². The first-order valence-corrected chi connectivity index (χ1v) is 9.44. The second-order valence-electron chi connectivity index (χ2n) is 7.58. The number of fused-ring (bicyclic) bond motifs is 1. The van der Waals surface area contributed by atoms with Gasteiger partial charge < -0.3 is 10.6 Å². The number of hydrogen-bond acceptors (Lipinski definition) is 4. The molecule has 1 aliphatic heterocycles. The van der Waals surface area contributed by atoms with Crippen molar-refractivity contribution in [1.29, 1.82) is 5.26 Å². The topological polar surface area (TPSA) is 105 Å². The molecule has 7 heteroatoms. The standard InChI is InChI=1S/C23H19N5O2/c1-23(10-11-27(2)22(23)30)9-8-15-4-3-5-17(12-15)28-19-13-16(14-24)6-7-18(19)20(26-28)21(25)29/h3-7,12-13H,10-11H2,1-2H3,(H2,25,29)/t23-/m1/s1. The highest BCUT2D eigenvalue weighted by atomic mass is 16.2. The van der Waals surface area contributed by atoms with Crippen LogP contribution in [0.1, 0.15) is 35.0 Å². The number of aromatic nitrogens is 2. The molecule has 1 atom stereocenters. The Morgan fingerprint density at radius 3 is 2.70 bits per heavy atom. The fraction of sp³-hybridized carbons (Fsp3) is 0.217. The fourth-order valence-electron chi connectivity index (χ4n) is 3.63. The molecule has 2 N–H and O–H groups in total. The van der Waals surface area contributed by atoms with Crippen LogP contribution in [0.25, 0.3) is 16.6 Å². The molecule has 4 rings (SSSR count). The van der Waals surface area contributed by atoms with E-state index in [4.69, 9.17) is 5.73 Å². The number of nitriles is 1. The number of carbonyl (C=O) groups is 2. The quantitative estimate of drug-likeness (QED) is 0.669. The van der Waals surface area contributed by atoms with E-state index >= 15 is 0 Å². The summed E-state index contributed by atoms with van der Waals surface area (Å²) >= 11 is 0. The average molecular weight is 397 g/mol. The zero-order valence-electron chi connectivity index (χ0n) is 16.6. The van der Waals surface area contributed by atoms with Crippen molar-refractivity contribution in [3.8, 4) is 23.6 Å². The molecule has 0 unspecified atom stereocenters. The Morgan fingerprint density at radius 1 is 1.23 bits per heavy atom. The first-order valence-electron chi connectivity index (χ1n) is 9.44. The van der Waals surface area contributed by atoms with Crippen molar-refractivity contribution in [2.24, 2.45) is 11.1 Å². The maximum Gasteiger partial charge on any atom is 0.269 e. The second-order valence-corrected chi connectivity index (χ2v) is 7.58. The van der Waals surface area contributed by atoms with Crippen molar-refractivity contribution in [1.82, 2.24) is 14.7 Å². The van der Waals surface area contributed by atoms with Gasteiger partial charge in [-0.2, -0.15) is 10.4 Å². The molecule has 148 valence electrons. The van der Waals surface area contributed by atoms with Crippen LogP contribution in [0, 0.1) is 28.6 Å². The van der Waals surface area contributed by atoms with E-state index in [1.807, 2.05) is 31.2 Å². The lowest BCUT2D eigenvalue weighted by molar-refractivity contribution is -0.131. The lowest BCUT2D eigenvalue weighted by Gasteiger charge is -2.14. The Labute approximate surface area is 173 Å².